The normalized spacial score (nSPS) is 18.7. The standard InChI is InChI=1S/C24H34N6O2/c1-4-29(5-2)23(31)18-15-25-22(26-16(18)3)20-13-9-10-14-30(20)24(32)21-17-11-7-6-8-12-19(17)27-28-21/h15,20H,4-14H2,1-3H3,(H,27,28)/t20-/m1/s1. The van der Waals surface area contributed by atoms with Crippen molar-refractivity contribution in [1.29, 1.82) is 0 Å². The first-order valence-electron chi connectivity index (χ1n) is 12.0. The van der Waals surface area contributed by atoms with E-state index in [1.807, 2.05) is 25.7 Å². The number of likely N-dealkylation sites (tertiary alicyclic amines) is 1. The van der Waals surface area contributed by atoms with Crippen LogP contribution in [0.3, 0.4) is 0 Å². The molecule has 8 nitrogen and oxygen atoms in total. The van der Waals surface area contributed by atoms with Gasteiger partial charge in [-0.2, -0.15) is 5.10 Å². The van der Waals surface area contributed by atoms with Gasteiger partial charge in [0.15, 0.2) is 11.5 Å². The lowest BCUT2D eigenvalue weighted by molar-refractivity contribution is 0.0591. The minimum absolute atomic E-state index is 0.0290. The number of aromatic amines is 1. The summed E-state index contributed by atoms with van der Waals surface area (Å²) in [7, 11) is 0. The molecule has 32 heavy (non-hydrogen) atoms. The Kier molecular flexibility index (Phi) is 6.86. The van der Waals surface area contributed by atoms with Gasteiger partial charge in [0.1, 0.15) is 0 Å². The number of aromatic nitrogens is 4. The quantitative estimate of drug-likeness (QED) is 0.720. The van der Waals surface area contributed by atoms with Crippen molar-refractivity contribution in [2.24, 2.45) is 0 Å². The molecule has 1 fully saturated rings. The zero-order valence-electron chi connectivity index (χ0n) is 19.5. The van der Waals surface area contributed by atoms with Crippen molar-refractivity contribution >= 4 is 11.8 Å². The number of H-pyrrole nitrogens is 1. The summed E-state index contributed by atoms with van der Waals surface area (Å²) in [5.74, 6) is 0.543. The third-order valence-corrected chi connectivity index (χ3v) is 6.85. The number of carbonyl (C=O) groups excluding carboxylic acids is 2. The van der Waals surface area contributed by atoms with Crippen LogP contribution in [0.2, 0.25) is 0 Å². The summed E-state index contributed by atoms with van der Waals surface area (Å²) in [6, 6.07) is -0.189. The van der Waals surface area contributed by atoms with Crippen molar-refractivity contribution in [3.05, 3.63) is 40.2 Å². The number of hydrogen-bond donors (Lipinski definition) is 1. The van der Waals surface area contributed by atoms with Gasteiger partial charge in [0.25, 0.3) is 11.8 Å². The Labute approximate surface area is 189 Å². The van der Waals surface area contributed by atoms with E-state index < -0.39 is 0 Å². The van der Waals surface area contributed by atoms with Crippen LogP contribution in [-0.4, -0.2) is 61.4 Å². The van der Waals surface area contributed by atoms with E-state index in [9.17, 15) is 9.59 Å². The van der Waals surface area contributed by atoms with E-state index >= 15 is 0 Å². The lowest BCUT2D eigenvalue weighted by atomic mass is 9.99. The van der Waals surface area contributed by atoms with E-state index in [1.54, 1.807) is 11.1 Å². The topological polar surface area (TPSA) is 95.1 Å². The molecular formula is C24H34N6O2. The molecule has 1 aliphatic heterocycles. The Morgan fingerprint density at radius 1 is 1.12 bits per heavy atom. The number of rotatable bonds is 5. The monoisotopic (exact) mass is 438 g/mol. The van der Waals surface area contributed by atoms with Crippen LogP contribution in [0.15, 0.2) is 6.20 Å². The van der Waals surface area contributed by atoms with Gasteiger partial charge in [-0.25, -0.2) is 9.97 Å². The van der Waals surface area contributed by atoms with Crippen LogP contribution in [0.5, 0.6) is 0 Å². The molecule has 3 heterocycles. The van der Waals surface area contributed by atoms with Gasteiger partial charge >= 0.3 is 0 Å². The molecule has 8 heteroatoms. The van der Waals surface area contributed by atoms with Crippen LogP contribution in [0, 0.1) is 6.92 Å². The Morgan fingerprint density at radius 3 is 2.66 bits per heavy atom. The zero-order chi connectivity index (χ0) is 22.7. The van der Waals surface area contributed by atoms with Crippen LogP contribution in [-0.2, 0) is 12.8 Å². The largest absolute Gasteiger partial charge is 0.339 e. The van der Waals surface area contributed by atoms with Gasteiger partial charge in [0, 0.05) is 37.1 Å². The molecule has 1 aliphatic carbocycles. The summed E-state index contributed by atoms with van der Waals surface area (Å²) in [5.41, 5.74) is 3.97. The van der Waals surface area contributed by atoms with Crippen molar-refractivity contribution in [2.45, 2.75) is 78.2 Å². The van der Waals surface area contributed by atoms with Crippen molar-refractivity contribution in [3.8, 4) is 0 Å². The Hall–Kier alpha value is -2.77. The molecule has 0 unspecified atom stereocenters. The maximum atomic E-state index is 13.6. The molecule has 1 saturated heterocycles. The van der Waals surface area contributed by atoms with Crippen molar-refractivity contribution in [1.82, 2.24) is 30.0 Å². The van der Waals surface area contributed by atoms with Gasteiger partial charge in [-0.3, -0.25) is 14.7 Å². The van der Waals surface area contributed by atoms with E-state index in [0.717, 1.165) is 56.2 Å². The van der Waals surface area contributed by atoms with Crippen LogP contribution >= 0.6 is 0 Å². The smallest absolute Gasteiger partial charge is 0.275 e. The third-order valence-electron chi connectivity index (χ3n) is 6.85. The number of carbonyl (C=O) groups is 2. The minimum Gasteiger partial charge on any atom is -0.339 e. The Balaban J connectivity index is 1.60. The molecule has 0 bridgehead atoms. The highest BCUT2D eigenvalue weighted by Crippen LogP contribution is 2.32. The maximum Gasteiger partial charge on any atom is 0.275 e. The molecule has 2 aromatic heterocycles. The number of amides is 2. The minimum atomic E-state index is -0.189. The second-order valence-electron chi connectivity index (χ2n) is 8.80. The highest BCUT2D eigenvalue weighted by molar-refractivity contribution is 5.95. The van der Waals surface area contributed by atoms with Crippen molar-refractivity contribution < 1.29 is 9.59 Å². The number of nitrogens with zero attached hydrogens (tertiary/aromatic N) is 5. The van der Waals surface area contributed by atoms with Gasteiger partial charge < -0.3 is 9.80 Å². The lowest BCUT2D eigenvalue weighted by Crippen LogP contribution is -2.40. The molecule has 2 aromatic rings. The van der Waals surface area contributed by atoms with Gasteiger partial charge in [0.2, 0.25) is 0 Å². The molecule has 1 N–H and O–H groups in total. The van der Waals surface area contributed by atoms with E-state index in [4.69, 9.17) is 4.98 Å². The molecule has 172 valence electrons. The van der Waals surface area contributed by atoms with Gasteiger partial charge in [0.05, 0.1) is 17.3 Å². The van der Waals surface area contributed by atoms with Crippen molar-refractivity contribution in [3.63, 3.8) is 0 Å². The fourth-order valence-corrected chi connectivity index (χ4v) is 4.95. The fourth-order valence-electron chi connectivity index (χ4n) is 4.95. The van der Waals surface area contributed by atoms with E-state index in [2.05, 4.69) is 15.2 Å². The first kappa shape index (κ1) is 22.4. The third kappa shape index (κ3) is 4.27. The van der Waals surface area contributed by atoms with E-state index in [1.165, 1.54) is 6.42 Å². The predicted octanol–water partition coefficient (Wildman–Crippen LogP) is 3.63. The molecule has 2 aliphatic rings. The second-order valence-corrected chi connectivity index (χ2v) is 8.80. The first-order chi connectivity index (χ1) is 15.5. The van der Waals surface area contributed by atoms with Crippen LogP contribution in [0.4, 0.5) is 0 Å². The molecule has 2 amide bonds. The van der Waals surface area contributed by atoms with Crippen molar-refractivity contribution in [2.75, 3.05) is 19.6 Å². The maximum absolute atomic E-state index is 13.6. The number of fused-ring (bicyclic) bond motifs is 1. The summed E-state index contributed by atoms with van der Waals surface area (Å²) in [5, 5.41) is 7.55. The van der Waals surface area contributed by atoms with E-state index in [-0.39, 0.29) is 17.9 Å². The highest BCUT2D eigenvalue weighted by Gasteiger charge is 2.34. The Bertz CT molecular complexity index is 981. The average molecular weight is 439 g/mol. The van der Waals surface area contributed by atoms with Crippen LogP contribution in [0.25, 0.3) is 0 Å². The number of piperidine rings is 1. The lowest BCUT2D eigenvalue weighted by Gasteiger charge is -2.34. The summed E-state index contributed by atoms with van der Waals surface area (Å²) >= 11 is 0. The summed E-state index contributed by atoms with van der Waals surface area (Å²) in [6.45, 7) is 7.75. The van der Waals surface area contributed by atoms with Gasteiger partial charge in [-0.1, -0.05) is 6.42 Å². The van der Waals surface area contributed by atoms with Crippen LogP contribution in [0.1, 0.15) is 102 Å². The zero-order valence-corrected chi connectivity index (χ0v) is 19.5. The first-order valence-corrected chi connectivity index (χ1v) is 12.0. The Morgan fingerprint density at radius 2 is 1.91 bits per heavy atom. The van der Waals surface area contributed by atoms with E-state index in [0.29, 0.717) is 42.4 Å². The summed E-state index contributed by atoms with van der Waals surface area (Å²) in [4.78, 5) is 39.3. The number of nitrogens with one attached hydrogen (secondary N) is 1. The number of aryl methyl sites for hydroxylation is 2. The molecule has 0 spiro atoms. The predicted molar refractivity (Wildman–Crippen MR) is 121 cm³/mol. The second kappa shape index (κ2) is 9.79. The highest BCUT2D eigenvalue weighted by atomic mass is 16.2. The molecule has 0 aromatic carbocycles. The molecule has 0 saturated carbocycles. The molecule has 4 rings (SSSR count). The van der Waals surface area contributed by atoms with Gasteiger partial charge in [-0.15, -0.1) is 0 Å². The molecule has 0 radical (unpaired) electrons. The summed E-state index contributed by atoms with van der Waals surface area (Å²) in [6.07, 6.45) is 9.74. The number of hydrogen-bond acceptors (Lipinski definition) is 5. The molecule has 1 atom stereocenters. The van der Waals surface area contributed by atoms with Gasteiger partial charge in [-0.05, 0) is 65.7 Å². The molecular weight excluding hydrogens is 404 g/mol. The average Bonchev–Trinajstić information content (AvgIpc) is 3.07. The summed E-state index contributed by atoms with van der Waals surface area (Å²) < 4.78 is 0. The fraction of sp³-hybridized carbons (Fsp3) is 0.625. The SMILES string of the molecule is CCN(CC)C(=O)c1cnc([C@H]2CCCCN2C(=O)c2n[nH]c3c2CCCCC3)nc1C. The van der Waals surface area contributed by atoms with Crippen LogP contribution < -0.4 is 0 Å².